The third-order valence-corrected chi connectivity index (χ3v) is 7.52. The first-order chi connectivity index (χ1) is 16.9. The molecule has 2 aliphatic carbocycles. The van der Waals surface area contributed by atoms with Gasteiger partial charge in [-0.15, -0.1) is 0 Å². The Kier molecular flexibility index (Phi) is 8.63. The van der Waals surface area contributed by atoms with Crippen molar-refractivity contribution in [1.82, 2.24) is 15.6 Å². The van der Waals surface area contributed by atoms with Crippen LogP contribution in [0.3, 0.4) is 0 Å². The number of amides is 2. The van der Waals surface area contributed by atoms with Crippen molar-refractivity contribution in [3.63, 3.8) is 0 Å². The number of nitrogens with one attached hydrogen (secondary N) is 2. The molecule has 7 nitrogen and oxygen atoms in total. The fraction of sp³-hybridized carbons (Fsp3) is 0.667. The molecule has 0 bridgehead atoms. The van der Waals surface area contributed by atoms with Crippen LogP contribution in [-0.4, -0.2) is 49.4 Å². The smallest absolute Gasteiger partial charge is 0.224 e. The second-order valence-corrected chi connectivity index (χ2v) is 10.7. The van der Waals surface area contributed by atoms with Crippen LogP contribution in [0.5, 0.6) is 5.75 Å². The van der Waals surface area contributed by atoms with Gasteiger partial charge in [-0.1, -0.05) is 19.9 Å². The van der Waals surface area contributed by atoms with E-state index in [0.29, 0.717) is 42.7 Å². The fourth-order valence-corrected chi connectivity index (χ4v) is 5.02. The standard InChI is InChI=1S/C27H39FN4O3/c1-18(2)27(30-17-33)31-32-10-7-20(8-11-32)24-13-21(24)9-12-35-23-6-5-22(25(28)15-23)14-26(34)29-16-19-3-4-19/h5-6,15,17-21,24H,3-4,7-14,16H2,1-2H3,(H,29,34)(H,30,31,33). The van der Waals surface area contributed by atoms with Gasteiger partial charge in [-0.2, -0.15) is 5.10 Å². The lowest BCUT2D eigenvalue weighted by molar-refractivity contribution is -0.120. The summed E-state index contributed by atoms with van der Waals surface area (Å²) in [6, 6.07) is 4.82. The fourth-order valence-electron chi connectivity index (χ4n) is 5.02. The summed E-state index contributed by atoms with van der Waals surface area (Å²) in [7, 11) is 0. The molecule has 1 heterocycles. The molecule has 2 saturated carbocycles. The Hall–Kier alpha value is -2.64. The molecular formula is C27H39FN4O3. The summed E-state index contributed by atoms with van der Waals surface area (Å²) >= 11 is 0. The van der Waals surface area contributed by atoms with Gasteiger partial charge in [-0.25, -0.2) is 4.39 Å². The van der Waals surface area contributed by atoms with E-state index in [1.165, 1.54) is 25.3 Å². The van der Waals surface area contributed by atoms with Gasteiger partial charge in [0.15, 0.2) is 0 Å². The molecule has 3 aliphatic rings. The van der Waals surface area contributed by atoms with Crippen LogP contribution in [0.25, 0.3) is 0 Å². The van der Waals surface area contributed by atoms with Gasteiger partial charge in [0.1, 0.15) is 17.4 Å². The average molecular weight is 487 g/mol. The topological polar surface area (TPSA) is 83.0 Å². The van der Waals surface area contributed by atoms with Gasteiger partial charge < -0.3 is 15.4 Å². The Morgan fingerprint density at radius 1 is 1.26 bits per heavy atom. The predicted molar refractivity (Wildman–Crippen MR) is 133 cm³/mol. The molecule has 1 aliphatic heterocycles. The number of hydrazone groups is 1. The van der Waals surface area contributed by atoms with Crippen molar-refractivity contribution in [2.45, 2.75) is 58.8 Å². The number of hydrogen-bond acceptors (Lipinski definition) is 5. The maximum absolute atomic E-state index is 14.4. The van der Waals surface area contributed by atoms with Crippen molar-refractivity contribution in [2.24, 2.45) is 34.7 Å². The van der Waals surface area contributed by atoms with Gasteiger partial charge >= 0.3 is 0 Å². The second kappa shape index (κ2) is 11.9. The van der Waals surface area contributed by atoms with Crippen molar-refractivity contribution in [1.29, 1.82) is 0 Å². The number of rotatable bonds is 12. The van der Waals surface area contributed by atoms with Gasteiger partial charge in [-0.3, -0.25) is 14.6 Å². The molecule has 0 aromatic heterocycles. The molecule has 1 saturated heterocycles. The molecule has 8 heteroatoms. The van der Waals surface area contributed by atoms with Crippen LogP contribution in [0.1, 0.15) is 57.9 Å². The first kappa shape index (κ1) is 25.5. The number of ether oxygens (including phenoxy) is 1. The van der Waals surface area contributed by atoms with Crippen molar-refractivity contribution < 1.29 is 18.7 Å². The van der Waals surface area contributed by atoms with E-state index in [2.05, 4.69) is 20.7 Å². The van der Waals surface area contributed by atoms with E-state index in [4.69, 9.17) is 4.74 Å². The van der Waals surface area contributed by atoms with Crippen LogP contribution in [0.15, 0.2) is 23.3 Å². The minimum absolute atomic E-state index is 0.0685. The quantitative estimate of drug-likeness (QED) is 0.268. The molecule has 35 heavy (non-hydrogen) atoms. The normalized spacial score (nSPS) is 22.7. The third-order valence-electron chi connectivity index (χ3n) is 7.52. The van der Waals surface area contributed by atoms with Gasteiger partial charge in [0, 0.05) is 31.6 Å². The van der Waals surface area contributed by atoms with Crippen LogP contribution >= 0.6 is 0 Å². The highest BCUT2D eigenvalue weighted by atomic mass is 19.1. The monoisotopic (exact) mass is 486 g/mol. The second-order valence-electron chi connectivity index (χ2n) is 10.7. The first-order valence-electron chi connectivity index (χ1n) is 13.1. The average Bonchev–Trinajstić information content (AvgIpc) is 3.76. The van der Waals surface area contributed by atoms with Gasteiger partial charge in [0.05, 0.1) is 13.0 Å². The summed E-state index contributed by atoms with van der Waals surface area (Å²) in [5, 5.41) is 12.3. The zero-order valence-electron chi connectivity index (χ0n) is 21.0. The van der Waals surface area contributed by atoms with Crippen LogP contribution in [0.4, 0.5) is 4.39 Å². The highest BCUT2D eigenvalue weighted by Gasteiger charge is 2.43. The molecule has 2 N–H and O–H groups in total. The largest absolute Gasteiger partial charge is 0.493 e. The maximum Gasteiger partial charge on any atom is 0.224 e. The zero-order valence-corrected chi connectivity index (χ0v) is 21.0. The summed E-state index contributed by atoms with van der Waals surface area (Å²) < 4.78 is 20.3. The zero-order chi connectivity index (χ0) is 24.8. The number of carbonyl (C=O) groups is 2. The molecule has 1 aromatic carbocycles. The number of nitrogens with zero attached hydrogens (tertiary/aromatic N) is 2. The third kappa shape index (κ3) is 7.67. The van der Waals surface area contributed by atoms with Crippen molar-refractivity contribution >= 4 is 18.2 Å². The van der Waals surface area contributed by atoms with Crippen molar-refractivity contribution in [3.05, 3.63) is 29.6 Å². The molecular weight excluding hydrogens is 447 g/mol. The Balaban J connectivity index is 1.14. The van der Waals surface area contributed by atoms with E-state index in [1.807, 2.05) is 13.8 Å². The van der Waals surface area contributed by atoms with E-state index in [-0.39, 0.29) is 24.1 Å². The molecule has 2 unspecified atom stereocenters. The Labute approximate surface area is 207 Å². The summed E-state index contributed by atoms with van der Waals surface area (Å²) in [5.74, 6) is 3.68. The van der Waals surface area contributed by atoms with E-state index in [1.54, 1.807) is 12.1 Å². The van der Waals surface area contributed by atoms with Crippen LogP contribution in [-0.2, 0) is 16.0 Å². The lowest BCUT2D eigenvalue weighted by Gasteiger charge is -2.31. The Morgan fingerprint density at radius 2 is 2.03 bits per heavy atom. The van der Waals surface area contributed by atoms with Gasteiger partial charge in [0.2, 0.25) is 12.3 Å². The Morgan fingerprint density at radius 3 is 2.69 bits per heavy atom. The summed E-state index contributed by atoms with van der Waals surface area (Å²) in [6.45, 7) is 7.18. The Bertz CT molecular complexity index is 910. The number of halogens is 1. The number of benzene rings is 1. The molecule has 1 aromatic rings. The van der Waals surface area contributed by atoms with E-state index < -0.39 is 0 Å². The van der Waals surface area contributed by atoms with Gasteiger partial charge in [0.25, 0.3) is 0 Å². The highest BCUT2D eigenvalue weighted by Crippen LogP contribution is 2.49. The molecule has 0 radical (unpaired) electrons. The molecule has 0 spiro atoms. The van der Waals surface area contributed by atoms with E-state index in [0.717, 1.165) is 50.0 Å². The number of amidine groups is 1. The number of carbonyl (C=O) groups excluding carboxylic acids is 2. The highest BCUT2D eigenvalue weighted by molar-refractivity contribution is 5.91. The molecule has 2 amide bonds. The molecule has 4 rings (SSSR count). The predicted octanol–water partition coefficient (Wildman–Crippen LogP) is 3.73. The SMILES string of the molecule is CC(C)/C(=N/N1CCC(C2CC2CCOc2ccc(CC(=O)NCC3CC3)c(F)c2)CC1)NC=O. The molecule has 2 atom stereocenters. The molecule has 192 valence electrons. The van der Waals surface area contributed by atoms with Crippen LogP contribution < -0.4 is 15.4 Å². The lowest BCUT2D eigenvalue weighted by Crippen LogP contribution is -2.35. The van der Waals surface area contributed by atoms with Crippen molar-refractivity contribution in [2.75, 3.05) is 26.2 Å². The lowest BCUT2D eigenvalue weighted by atomic mass is 9.91. The minimum Gasteiger partial charge on any atom is -0.493 e. The number of piperidine rings is 1. The first-order valence-corrected chi connectivity index (χ1v) is 13.1. The maximum atomic E-state index is 14.4. The minimum atomic E-state index is -0.383. The number of hydrogen-bond donors (Lipinski definition) is 2. The van der Waals surface area contributed by atoms with E-state index >= 15 is 0 Å². The van der Waals surface area contributed by atoms with Crippen molar-refractivity contribution in [3.8, 4) is 5.75 Å². The summed E-state index contributed by atoms with van der Waals surface area (Å²) in [4.78, 5) is 22.8. The van der Waals surface area contributed by atoms with E-state index in [9.17, 15) is 14.0 Å². The molecule has 3 fully saturated rings. The van der Waals surface area contributed by atoms with Crippen LogP contribution in [0.2, 0.25) is 0 Å². The van der Waals surface area contributed by atoms with Crippen LogP contribution in [0, 0.1) is 35.4 Å². The summed E-state index contributed by atoms with van der Waals surface area (Å²) in [6.07, 6.45) is 7.59. The van der Waals surface area contributed by atoms with Gasteiger partial charge in [-0.05, 0) is 73.8 Å². The summed E-state index contributed by atoms with van der Waals surface area (Å²) in [5.41, 5.74) is 0.408.